The molecule has 19 heavy (non-hydrogen) atoms. The second-order valence-corrected chi connectivity index (χ2v) is 7.49. The molecule has 2 aromatic rings. The monoisotopic (exact) mass is 320 g/mol. The molecular formula is C10H13ClN4O2S2. The van der Waals surface area contributed by atoms with Crippen LogP contribution < -0.4 is 5.73 Å². The van der Waals surface area contributed by atoms with E-state index >= 15 is 0 Å². The summed E-state index contributed by atoms with van der Waals surface area (Å²) in [4.78, 5) is 0.870. The van der Waals surface area contributed by atoms with E-state index in [2.05, 4.69) is 10.2 Å². The lowest BCUT2D eigenvalue weighted by Crippen LogP contribution is -2.30. The van der Waals surface area contributed by atoms with Gasteiger partial charge in [0.15, 0.2) is 0 Å². The van der Waals surface area contributed by atoms with Gasteiger partial charge in [-0.3, -0.25) is 5.10 Å². The van der Waals surface area contributed by atoms with E-state index in [0.29, 0.717) is 10.9 Å². The first-order valence-corrected chi connectivity index (χ1v) is 8.11. The molecule has 0 saturated heterocycles. The fourth-order valence-corrected chi connectivity index (χ4v) is 4.23. The van der Waals surface area contributed by atoms with Gasteiger partial charge >= 0.3 is 0 Å². The Morgan fingerprint density at radius 3 is 2.74 bits per heavy atom. The van der Waals surface area contributed by atoms with Crippen LogP contribution in [0.25, 0.3) is 0 Å². The van der Waals surface area contributed by atoms with Gasteiger partial charge in [0, 0.05) is 18.0 Å². The first kappa shape index (κ1) is 14.3. The molecule has 0 fully saturated rings. The van der Waals surface area contributed by atoms with Crippen LogP contribution in [0, 0.1) is 0 Å². The Hall–Kier alpha value is -1.09. The van der Waals surface area contributed by atoms with Crippen LogP contribution in [-0.2, 0) is 16.6 Å². The number of hydrogen-bond donors (Lipinski definition) is 2. The van der Waals surface area contributed by atoms with Crippen molar-refractivity contribution >= 4 is 38.8 Å². The predicted molar refractivity (Wildman–Crippen MR) is 75.6 cm³/mol. The number of nitrogen functional groups attached to an aromatic ring is 1. The largest absolute Gasteiger partial charge is 0.383 e. The standard InChI is InChI=1S/C10H13ClN4O2S2/c1-2-15(6-7-3-4-9(11)18-7)19(16,17)8-5-13-14-10(8)12/h3-5H,2,6H2,1H3,(H3,12,13,14). The number of nitrogens with two attached hydrogens (primary N) is 1. The summed E-state index contributed by atoms with van der Waals surface area (Å²) in [6.07, 6.45) is 1.22. The van der Waals surface area contributed by atoms with Crippen LogP contribution in [0.15, 0.2) is 23.2 Å². The van der Waals surface area contributed by atoms with Crippen LogP contribution in [-0.4, -0.2) is 29.5 Å². The summed E-state index contributed by atoms with van der Waals surface area (Å²) < 4.78 is 26.8. The molecule has 0 atom stereocenters. The first-order valence-electron chi connectivity index (χ1n) is 5.48. The number of aromatic nitrogens is 2. The van der Waals surface area contributed by atoms with Crippen LogP contribution in [0.1, 0.15) is 11.8 Å². The second-order valence-electron chi connectivity index (χ2n) is 3.78. The van der Waals surface area contributed by atoms with Gasteiger partial charge in [0.05, 0.1) is 10.5 Å². The van der Waals surface area contributed by atoms with Crippen LogP contribution >= 0.6 is 22.9 Å². The van der Waals surface area contributed by atoms with Gasteiger partial charge in [0.1, 0.15) is 10.7 Å². The quantitative estimate of drug-likeness (QED) is 0.880. The highest BCUT2D eigenvalue weighted by molar-refractivity contribution is 7.89. The van der Waals surface area contributed by atoms with Crippen LogP contribution in [0.5, 0.6) is 0 Å². The zero-order chi connectivity index (χ0) is 14.0. The van der Waals surface area contributed by atoms with Crippen molar-refractivity contribution in [3.05, 3.63) is 27.5 Å². The van der Waals surface area contributed by atoms with E-state index in [0.717, 1.165) is 4.88 Å². The number of sulfonamides is 1. The zero-order valence-corrected chi connectivity index (χ0v) is 12.5. The molecule has 3 N–H and O–H groups in total. The highest BCUT2D eigenvalue weighted by atomic mass is 35.5. The number of nitrogens with zero attached hydrogens (tertiary/aromatic N) is 2. The molecule has 9 heteroatoms. The lowest BCUT2D eigenvalue weighted by molar-refractivity contribution is 0.426. The average molecular weight is 321 g/mol. The Morgan fingerprint density at radius 1 is 1.53 bits per heavy atom. The van der Waals surface area contributed by atoms with Crippen molar-refractivity contribution in [3.8, 4) is 0 Å². The molecule has 2 rings (SSSR count). The molecule has 104 valence electrons. The number of aromatic amines is 1. The van der Waals surface area contributed by atoms with Crippen molar-refractivity contribution in [1.82, 2.24) is 14.5 Å². The smallest absolute Gasteiger partial charge is 0.248 e. The number of nitrogens with one attached hydrogen (secondary N) is 1. The number of hydrogen-bond acceptors (Lipinski definition) is 5. The molecule has 0 aliphatic carbocycles. The third-order valence-corrected chi connectivity index (χ3v) is 5.73. The number of halogens is 1. The maximum atomic E-state index is 12.4. The summed E-state index contributed by atoms with van der Waals surface area (Å²) in [5.41, 5.74) is 5.57. The predicted octanol–water partition coefficient (Wildman–Crippen LogP) is 1.92. The highest BCUT2D eigenvalue weighted by Crippen LogP contribution is 2.26. The van der Waals surface area contributed by atoms with Crippen molar-refractivity contribution in [1.29, 1.82) is 0 Å². The average Bonchev–Trinajstić information content (AvgIpc) is 2.95. The summed E-state index contributed by atoms with van der Waals surface area (Å²) in [5, 5.41) is 6.07. The van der Waals surface area contributed by atoms with Crippen molar-refractivity contribution in [2.45, 2.75) is 18.4 Å². The molecule has 0 saturated carbocycles. The summed E-state index contributed by atoms with van der Waals surface area (Å²) in [5.74, 6) is 0.0441. The fourth-order valence-electron chi connectivity index (χ4n) is 1.61. The van der Waals surface area contributed by atoms with E-state index in [4.69, 9.17) is 17.3 Å². The highest BCUT2D eigenvalue weighted by Gasteiger charge is 2.27. The minimum Gasteiger partial charge on any atom is -0.383 e. The SMILES string of the molecule is CCN(Cc1ccc(Cl)s1)S(=O)(=O)c1cn[nH]c1N. The maximum absolute atomic E-state index is 12.4. The Bertz CT molecular complexity index is 665. The van der Waals surface area contributed by atoms with Gasteiger partial charge in [-0.05, 0) is 12.1 Å². The fraction of sp³-hybridized carbons (Fsp3) is 0.300. The van der Waals surface area contributed by atoms with E-state index < -0.39 is 10.0 Å². The molecule has 0 aliphatic rings. The third kappa shape index (κ3) is 2.92. The Balaban J connectivity index is 2.29. The van der Waals surface area contributed by atoms with Crippen LogP contribution in [0.2, 0.25) is 4.34 Å². The molecule has 2 heterocycles. The Labute approximate surface area is 120 Å². The molecule has 2 aromatic heterocycles. The second kappa shape index (κ2) is 5.49. The summed E-state index contributed by atoms with van der Waals surface area (Å²) in [6, 6.07) is 3.55. The van der Waals surface area contributed by atoms with Crippen molar-refractivity contribution in [3.63, 3.8) is 0 Å². The lowest BCUT2D eigenvalue weighted by Gasteiger charge is -2.19. The first-order chi connectivity index (χ1) is 8.95. The van der Waals surface area contributed by atoms with E-state index in [1.54, 1.807) is 13.0 Å². The van der Waals surface area contributed by atoms with Crippen LogP contribution in [0.3, 0.4) is 0 Å². The van der Waals surface area contributed by atoms with Crippen molar-refractivity contribution in [2.24, 2.45) is 0 Å². The van der Waals surface area contributed by atoms with Gasteiger partial charge in [-0.25, -0.2) is 8.42 Å². The number of H-pyrrole nitrogens is 1. The minimum absolute atomic E-state index is 0.00277. The van der Waals surface area contributed by atoms with E-state index in [-0.39, 0.29) is 17.3 Å². The van der Waals surface area contributed by atoms with Gasteiger partial charge in [0.2, 0.25) is 10.0 Å². The molecule has 0 radical (unpaired) electrons. The maximum Gasteiger partial charge on any atom is 0.248 e. The summed E-state index contributed by atoms with van der Waals surface area (Å²) in [6.45, 7) is 2.37. The molecule has 6 nitrogen and oxygen atoms in total. The topological polar surface area (TPSA) is 92.1 Å². The lowest BCUT2D eigenvalue weighted by atomic mass is 10.4. The van der Waals surface area contributed by atoms with E-state index in [1.807, 2.05) is 6.07 Å². The molecule has 0 aliphatic heterocycles. The molecule has 0 unspecified atom stereocenters. The summed E-state index contributed by atoms with van der Waals surface area (Å²) in [7, 11) is -3.65. The van der Waals surface area contributed by atoms with Gasteiger partial charge in [-0.15, -0.1) is 11.3 Å². The molecule has 0 aromatic carbocycles. The van der Waals surface area contributed by atoms with Gasteiger partial charge in [-0.2, -0.15) is 9.40 Å². The minimum atomic E-state index is -3.65. The molecule has 0 spiro atoms. The van der Waals surface area contributed by atoms with Crippen LogP contribution in [0.4, 0.5) is 5.82 Å². The van der Waals surface area contributed by atoms with Gasteiger partial charge < -0.3 is 5.73 Å². The van der Waals surface area contributed by atoms with Gasteiger partial charge in [0.25, 0.3) is 0 Å². The van der Waals surface area contributed by atoms with E-state index in [9.17, 15) is 8.42 Å². The zero-order valence-electron chi connectivity index (χ0n) is 10.1. The number of thiophene rings is 1. The molecular weight excluding hydrogens is 308 g/mol. The molecule has 0 bridgehead atoms. The summed E-state index contributed by atoms with van der Waals surface area (Å²) >= 11 is 7.20. The number of rotatable bonds is 5. The van der Waals surface area contributed by atoms with Crippen molar-refractivity contribution in [2.75, 3.05) is 12.3 Å². The van der Waals surface area contributed by atoms with Crippen molar-refractivity contribution < 1.29 is 8.42 Å². The van der Waals surface area contributed by atoms with E-state index in [1.165, 1.54) is 21.8 Å². The Kier molecular flexibility index (Phi) is 4.14. The Morgan fingerprint density at radius 2 is 2.26 bits per heavy atom. The third-order valence-electron chi connectivity index (χ3n) is 2.56. The van der Waals surface area contributed by atoms with Gasteiger partial charge in [-0.1, -0.05) is 18.5 Å². The molecule has 0 amide bonds. The number of anilines is 1. The normalized spacial score (nSPS) is 12.2.